The first-order valence-electron chi connectivity index (χ1n) is 7.69. The maximum absolute atomic E-state index is 12.9. The molecule has 1 saturated heterocycles. The van der Waals surface area contributed by atoms with Crippen LogP contribution < -0.4 is 9.62 Å². The second-order valence-electron chi connectivity index (χ2n) is 5.48. The summed E-state index contributed by atoms with van der Waals surface area (Å²) in [6, 6.07) is 6.08. The largest absolute Gasteiger partial charge is 0.369 e. The van der Waals surface area contributed by atoms with Gasteiger partial charge >= 0.3 is 0 Å². The van der Waals surface area contributed by atoms with Gasteiger partial charge in [-0.2, -0.15) is 4.31 Å². The first kappa shape index (κ1) is 19.1. The molecule has 0 unspecified atom stereocenters. The van der Waals surface area contributed by atoms with Crippen molar-refractivity contribution in [1.29, 1.82) is 0 Å². The molecular formula is C14H22FN3O4S2. The van der Waals surface area contributed by atoms with E-state index in [4.69, 9.17) is 0 Å². The zero-order valence-electron chi connectivity index (χ0n) is 13.5. The van der Waals surface area contributed by atoms with Crippen molar-refractivity contribution in [3.63, 3.8) is 0 Å². The molecule has 0 aromatic heterocycles. The van der Waals surface area contributed by atoms with Crippen molar-refractivity contribution < 1.29 is 21.2 Å². The second-order valence-corrected chi connectivity index (χ2v) is 9.66. The first-order chi connectivity index (χ1) is 11.2. The molecule has 0 aliphatic carbocycles. The SMILES string of the molecule is CCS(=O)(=O)NCCS(=O)(=O)N1CCN(c2ccc(F)cc2)CC1. The van der Waals surface area contributed by atoms with Crippen molar-refractivity contribution >= 4 is 25.7 Å². The lowest BCUT2D eigenvalue weighted by Gasteiger charge is -2.35. The molecule has 1 fully saturated rings. The van der Waals surface area contributed by atoms with E-state index in [1.165, 1.54) is 23.4 Å². The van der Waals surface area contributed by atoms with Crippen LogP contribution in [0.15, 0.2) is 24.3 Å². The van der Waals surface area contributed by atoms with E-state index in [2.05, 4.69) is 4.72 Å². The average molecular weight is 379 g/mol. The summed E-state index contributed by atoms with van der Waals surface area (Å²) in [5, 5.41) is 0. The molecule has 1 aliphatic rings. The molecule has 1 N–H and O–H groups in total. The van der Waals surface area contributed by atoms with Gasteiger partial charge in [0.15, 0.2) is 0 Å². The van der Waals surface area contributed by atoms with Crippen LogP contribution in [0.5, 0.6) is 0 Å². The van der Waals surface area contributed by atoms with Crippen LogP contribution in [-0.4, -0.2) is 65.4 Å². The number of sulfonamides is 2. The van der Waals surface area contributed by atoms with Crippen molar-refractivity contribution in [3.05, 3.63) is 30.1 Å². The maximum Gasteiger partial charge on any atom is 0.215 e. The summed E-state index contributed by atoms with van der Waals surface area (Å²) < 4.78 is 63.8. The summed E-state index contributed by atoms with van der Waals surface area (Å²) in [6.07, 6.45) is 0. The Morgan fingerprint density at radius 1 is 1.04 bits per heavy atom. The van der Waals surface area contributed by atoms with Crippen molar-refractivity contribution in [3.8, 4) is 0 Å². The normalized spacial score (nSPS) is 17.2. The smallest absolute Gasteiger partial charge is 0.215 e. The standard InChI is InChI=1S/C14H22FN3O4S2/c1-2-23(19,20)16-7-12-24(21,22)18-10-8-17(9-11-18)14-5-3-13(15)4-6-14/h3-6,16H,2,7-12H2,1H3. The van der Waals surface area contributed by atoms with Gasteiger partial charge in [-0.3, -0.25) is 0 Å². The van der Waals surface area contributed by atoms with E-state index < -0.39 is 20.0 Å². The zero-order valence-corrected chi connectivity index (χ0v) is 15.1. The fourth-order valence-electron chi connectivity index (χ4n) is 2.43. The minimum atomic E-state index is -3.51. The van der Waals surface area contributed by atoms with Crippen LogP contribution >= 0.6 is 0 Å². The van der Waals surface area contributed by atoms with Gasteiger partial charge in [-0.05, 0) is 31.2 Å². The highest BCUT2D eigenvalue weighted by Gasteiger charge is 2.27. The third-order valence-electron chi connectivity index (χ3n) is 3.89. The van der Waals surface area contributed by atoms with Gasteiger partial charge in [-0.15, -0.1) is 0 Å². The molecular weight excluding hydrogens is 357 g/mol. The Morgan fingerprint density at radius 3 is 2.17 bits per heavy atom. The van der Waals surface area contributed by atoms with Gasteiger partial charge in [-0.25, -0.2) is 25.9 Å². The van der Waals surface area contributed by atoms with Crippen LogP contribution in [0, 0.1) is 5.82 Å². The molecule has 0 bridgehead atoms. The van der Waals surface area contributed by atoms with E-state index in [1.807, 2.05) is 4.90 Å². The quantitative estimate of drug-likeness (QED) is 0.732. The van der Waals surface area contributed by atoms with Crippen LogP contribution in [0.1, 0.15) is 6.92 Å². The van der Waals surface area contributed by atoms with Gasteiger partial charge in [0.1, 0.15) is 5.82 Å². The molecule has 0 atom stereocenters. The Hall–Kier alpha value is -1.23. The van der Waals surface area contributed by atoms with Crippen LogP contribution in [0.3, 0.4) is 0 Å². The first-order valence-corrected chi connectivity index (χ1v) is 11.0. The zero-order chi connectivity index (χ0) is 17.8. The van der Waals surface area contributed by atoms with Crippen LogP contribution in [-0.2, 0) is 20.0 Å². The third-order valence-corrected chi connectivity index (χ3v) is 7.16. The Labute approximate surface area is 142 Å². The van der Waals surface area contributed by atoms with Gasteiger partial charge in [0.25, 0.3) is 0 Å². The van der Waals surface area contributed by atoms with Gasteiger partial charge in [0, 0.05) is 38.4 Å². The minimum Gasteiger partial charge on any atom is -0.369 e. The summed E-state index contributed by atoms with van der Waals surface area (Å²) in [7, 11) is -6.90. The number of benzene rings is 1. The van der Waals surface area contributed by atoms with E-state index >= 15 is 0 Å². The highest BCUT2D eigenvalue weighted by molar-refractivity contribution is 7.90. The van der Waals surface area contributed by atoms with E-state index in [9.17, 15) is 21.2 Å². The molecule has 1 aromatic rings. The van der Waals surface area contributed by atoms with Crippen molar-refractivity contribution in [2.75, 3.05) is 49.1 Å². The Morgan fingerprint density at radius 2 is 1.62 bits per heavy atom. The molecule has 0 amide bonds. The number of halogens is 1. The number of nitrogens with zero attached hydrogens (tertiary/aromatic N) is 2. The summed E-state index contributed by atoms with van der Waals surface area (Å²) in [6.45, 7) is 3.01. The van der Waals surface area contributed by atoms with E-state index in [0.29, 0.717) is 26.2 Å². The number of rotatable bonds is 7. The predicted molar refractivity (Wildman–Crippen MR) is 91.4 cm³/mol. The summed E-state index contributed by atoms with van der Waals surface area (Å²) in [5.74, 6) is -0.652. The Kier molecular flexibility index (Phi) is 6.18. The number of nitrogens with one attached hydrogen (secondary N) is 1. The predicted octanol–water partition coefficient (Wildman–Crippen LogP) is 0.217. The topological polar surface area (TPSA) is 86.8 Å². The summed E-state index contributed by atoms with van der Waals surface area (Å²) in [4.78, 5) is 1.99. The van der Waals surface area contributed by atoms with Crippen LogP contribution in [0.4, 0.5) is 10.1 Å². The van der Waals surface area contributed by atoms with Crippen LogP contribution in [0.2, 0.25) is 0 Å². The molecule has 1 aliphatic heterocycles. The van der Waals surface area contributed by atoms with E-state index in [1.54, 1.807) is 12.1 Å². The fraction of sp³-hybridized carbons (Fsp3) is 0.571. The lowest BCUT2D eigenvalue weighted by molar-refractivity contribution is 0.385. The molecule has 0 radical (unpaired) electrons. The lowest BCUT2D eigenvalue weighted by Crippen LogP contribution is -2.50. The molecule has 136 valence electrons. The van der Waals surface area contributed by atoms with Gasteiger partial charge in [0.2, 0.25) is 20.0 Å². The highest BCUT2D eigenvalue weighted by atomic mass is 32.2. The Balaban J connectivity index is 1.87. The van der Waals surface area contributed by atoms with E-state index in [0.717, 1.165) is 5.69 Å². The highest BCUT2D eigenvalue weighted by Crippen LogP contribution is 2.18. The van der Waals surface area contributed by atoms with E-state index in [-0.39, 0.29) is 23.9 Å². The second kappa shape index (κ2) is 7.77. The maximum atomic E-state index is 12.9. The molecule has 24 heavy (non-hydrogen) atoms. The molecule has 7 nitrogen and oxygen atoms in total. The molecule has 1 aromatic carbocycles. The molecule has 0 saturated carbocycles. The molecule has 10 heteroatoms. The number of hydrogen-bond acceptors (Lipinski definition) is 5. The van der Waals surface area contributed by atoms with Gasteiger partial charge < -0.3 is 4.90 Å². The number of hydrogen-bond donors (Lipinski definition) is 1. The van der Waals surface area contributed by atoms with Gasteiger partial charge in [-0.1, -0.05) is 0 Å². The average Bonchev–Trinajstić information content (AvgIpc) is 2.55. The van der Waals surface area contributed by atoms with Crippen molar-refractivity contribution in [1.82, 2.24) is 9.03 Å². The fourth-order valence-corrected chi connectivity index (χ4v) is 4.52. The molecule has 2 rings (SSSR count). The lowest BCUT2D eigenvalue weighted by atomic mass is 10.2. The van der Waals surface area contributed by atoms with Crippen molar-refractivity contribution in [2.45, 2.75) is 6.92 Å². The number of piperazine rings is 1. The van der Waals surface area contributed by atoms with Crippen molar-refractivity contribution in [2.24, 2.45) is 0 Å². The Bertz CT molecular complexity index is 743. The minimum absolute atomic E-state index is 0.0800. The van der Waals surface area contributed by atoms with Crippen LogP contribution in [0.25, 0.3) is 0 Å². The molecule has 1 heterocycles. The summed E-state index contributed by atoms with van der Waals surface area (Å²) >= 11 is 0. The van der Waals surface area contributed by atoms with Gasteiger partial charge in [0.05, 0.1) is 11.5 Å². The third kappa shape index (κ3) is 5.13. The summed E-state index contributed by atoms with van der Waals surface area (Å²) in [5.41, 5.74) is 0.851. The monoisotopic (exact) mass is 379 g/mol. The molecule has 0 spiro atoms. The number of anilines is 1.